The number of hydrogen-bond acceptors (Lipinski definition) is 6. The van der Waals surface area contributed by atoms with Gasteiger partial charge in [-0.25, -0.2) is 0 Å². The van der Waals surface area contributed by atoms with Crippen LogP contribution in [0, 0.1) is 0 Å². The molecule has 49 heavy (non-hydrogen) atoms. The summed E-state index contributed by atoms with van der Waals surface area (Å²) in [5, 5.41) is 13.7. The number of likely N-dealkylation sites (N-methyl/N-ethyl adjacent to an activating group) is 1. The zero-order valence-corrected chi connectivity index (χ0v) is 32.5. The Morgan fingerprint density at radius 1 is 0.735 bits per heavy atom. The SMILES string of the molecule is CC/C=C\C/C=C\C/C=C\C/C=C\C/C=C\C/C=C\CCCCC(=O)NC(COP(=O)([O-])OCC[N+](C)(C)C)C(O)CCCCCCCC. The van der Waals surface area contributed by atoms with Crippen LogP contribution in [0.3, 0.4) is 0 Å². The normalized spacial score (nSPS) is 15.5. The molecule has 0 aliphatic heterocycles. The van der Waals surface area contributed by atoms with E-state index in [-0.39, 0.29) is 19.1 Å². The molecule has 282 valence electrons. The molecule has 0 bridgehead atoms. The highest BCUT2D eigenvalue weighted by molar-refractivity contribution is 7.45. The van der Waals surface area contributed by atoms with Gasteiger partial charge in [0.05, 0.1) is 39.9 Å². The second-order valence-electron chi connectivity index (χ2n) is 13.5. The highest BCUT2D eigenvalue weighted by atomic mass is 31.2. The van der Waals surface area contributed by atoms with Gasteiger partial charge in [0.15, 0.2) is 0 Å². The molecule has 1 amide bonds. The first kappa shape index (κ1) is 46.9. The topological polar surface area (TPSA) is 108 Å². The van der Waals surface area contributed by atoms with Crippen LogP contribution in [0.15, 0.2) is 72.9 Å². The van der Waals surface area contributed by atoms with Crippen molar-refractivity contribution in [2.45, 2.75) is 135 Å². The van der Waals surface area contributed by atoms with Gasteiger partial charge >= 0.3 is 0 Å². The lowest BCUT2D eigenvalue weighted by Crippen LogP contribution is -2.46. The maximum Gasteiger partial charge on any atom is 0.268 e. The molecule has 8 nitrogen and oxygen atoms in total. The third-order valence-electron chi connectivity index (χ3n) is 7.71. The molecule has 2 N–H and O–H groups in total. The number of rotatable bonds is 32. The Labute approximate surface area is 300 Å². The van der Waals surface area contributed by atoms with Crippen LogP contribution in [0.4, 0.5) is 0 Å². The van der Waals surface area contributed by atoms with E-state index < -0.39 is 20.0 Å². The smallest absolute Gasteiger partial charge is 0.268 e. The van der Waals surface area contributed by atoms with Crippen molar-refractivity contribution in [3.8, 4) is 0 Å². The van der Waals surface area contributed by atoms with Gasteiger partial charge in [-0.15, -0.1) is 0 Å². The average Bonchev–Trinajstić information content (AvgIpc) is 3.04. The molecule has 0 heterocycles. The highest BCUT2D eigenvalue weighted by Gasteiger charge is 2.24. The Morgan fingerprint density at radius 2 is 1.24 bits per heavy atom. The lowest BCUT2D eigenvalue weighted by atomic mass is 10.0. The first-order valence-electron chi connectivity index (χ1n) is 18.8. The molecule has 0 aliphatic rings. The first-order valence-corrected chi connectivity index (χ1v) is 20.2. The van der Waals surface area contributed by atoms with Crippen LogP contribution in [0.5, 0.6) is 0 Å². The standard InChI is InChI=1S/C40H71N2O6P/c1-6-8-10-12-14-15-16-17-18-19-20-21-22-23-24-25-26-27-28-30-32-34-40(44)41-38(39(43)33-31-29-13-11-9-7-2)37-48-49(45,46)47-36-35-42(3,4)5/h8,10,14-15,17-18,20-21,23-24,26-27,38-39,43H,6-7,9,11-13,16,19,22,25,28-37H2,1-5H3,(H-,41,44,45,46)/b10-8-,15-14-,18-17-,21-20-,24-23-,27-26-. The fourth-order valence-corrected chi connectivity index (χ4v) is 5.41. The molecule has 0 saturated heterocycles. The molecule has 3 atom stereocenters. The third kappa shape index (κ3) is 34.2. The van der Waals surface area contributed by atoms with Crippen LogP contribution in [0.1, 0.15) is 123 Å². The zero-order chi connectivity index (χ0) is 36.5. The van der Waals surface area contributed by atoms with E-state index in [9.17, 15) is 19.4 Å². The minimum Gasteiger partial charge on any atom is -0.756 e. The van der Waals surface area contributed by atoms with E-state index in [1.165, 1.54) is 19.3 Å². The Hall–Kier alpha value is -2.06. The predicted octanol–water partition coefficient (Wildman–Crippen LogP) is 9.05. The summed E-state index contributed by atoms with van der Waals surface area (Å²) in [4.78, 5) is 25.0. The number of unbranched alkanes of at least 4 members (excludes halogenated alkanes) is 7. The number of allylic oxidation sites excluding steroid dienone is 12. The molecular weight excluding hydrogens is 635 g/mol. The van der Waals surface area contributed by atoms with E-state index in [1.807, 2.05) is 21.1 Å². The van der Waals surface area contributed by atoms with E-state index >= 15 is 0 Å². The van der Waals surface area contributed by atoms with Crippen molar-refractivity contribution < 1.29 is 32.9 Å². The van der Waals surface area contributed by atoms with E-state index in [0.717, 1.165) is 70.6 Å². The molecule has 0 aromatic heterocycles. The molecule has 0 aromatic carbocycles. The number of phosphoric acid groups is 1. The van der Waals surface area contributed by atoms with Crippen LogP contribution >= 0.6 is 7.82 Å². The summed E-state index contributed by atoms with van der Waals surface area (Å²) in [6, 6.07) is -0.823. The van der Waals surface area contributed by atoms with E-state index in [2.05, 4.69) is 92.1 Å². The number of carbonyl (C=O) groups excluding carboxylic acids is 1. The second kappa shape index (κ2) is 31.9. The van der Waals surface area contributed by atoms with Crippen molar-refractivity contribution in [2.75, 3.05) is 40.9 Å². The average molecular weight is 707 g/mol. The summed E-state index contributed by atoms with van der Waals surface area (Å²) >= 11 is 0. The number of carbonyl (C=O) groups is 1. The molecule has 0 radical (unpaired) electrons. The van der Waals surface area contributed by atoms with Crippen molar-refractivity contribution in [3.63, 3.8) is 0 Å². The molecule has 3 unspecified atom stereocenters. The Kier molecular flexibility index (Phi) is 30.5. The summed E-state index contributed by atoms with van der Waals surface area (Å²) in [6.45, 7) is 4.46. The Balaban J connectivity index is 4.40. The van der Waals surface area contributed by atoms with Gasteiger partial charge in [0.25, 0.3) is 7.82 Å². The second-order valence-corrected chi connectivity index (χ2v) is 15.0. The lowest BCUT2D eigenvalue weighted by Gasteiger charge is -2.30. The number of nitrogens with one attached hydrogen (secondary N) is 1. The maximum atomic E-state index is 12.7. The predicted molar refractivity (Wildman–Crippen MR) is 205 cm³/mol. The van der Waals surface area contributed by atoms with Crippen molar-refractivity contribution in [1.82, 2.24) is 5.32 Å². The van der Waals surface area contributed by atoms with Gasteiger partial charge < -0.3 is 28.8 Å². The summed E-state index contributed by atoms with van der Waals surface area (Å²) < 4.78 is 23.0. The van der Waals surface area contributed by atoms with Gasteiger partial charge in [-0.3, -0.25) is 9.36 Å². The molecule has 9 heteroatoms. The number of hydrogen-bond donors (Lipinski definition) is 2. The molecule has 0 aliphatic carbocycles. The number of phosphoric ester groups is 1. The monoisotopic (exact) mass is 707 g/mol. The fourth-order valence-electron chi connectivity index (χ4n) is 4.69. The Morgan fingerprint density at radius 3 is 1.78 bits per heavy atom. The summed E-state index contributed by atoms with van der Waals surface area (Å²) in [5.74, 6) is -0.218. The van der Waals surface area contributed by atoms with Crippen molar-refractivity contribution in [1.29, 1.82) is 0 Å². The van der Waals surface area contributed by atoms with Crippen LogP contribution in [0.2, 0.25) is 0 Å². The van der Waals surface area contributed by atoms with Gasteiger partial charge in [-0.1, -0.05) is 125 Å². The van der Waals surface area contributed by atoms with Crippen molar-refractivity contribution >= 4 is 13.7 Å². The summed E-state index contributed by atoms with van der Waals surface area (Å²) in [7, 11) is 1.25. The Bertz CT molecular complexity index is 1030. The lowest BCUT2D eigenvalue weighted by molar-refractivity contribution is -0.870. The zero-order valence-electron chi connectivity index (χ0n) is 31.6. The summed E-state index contributed by atoms with van der Waals surface area (Å²) in [5.41, 5.74) is 0. The first-order chi connectivity index (χ1) is 23.5. The van der Waals surface area contributed by atoms with Crippen molar-refractivity contribution in [2.24, 2.45) is 0 Å². The molecule has 0 rings (SSSR count). The molecule has 0 spiro atoms. The largest absolute Gasteiger partial charge is 0.756 e. The van der Waals surface area contributed by atoms with Gasteiger partial charge in [-0.2, -0.15) is 0 Å². The molecule has 0 fully saturated rings. The fraction of sp³-hybridized carbons (Fsp3) is 0.675. The number of amides is 1. The number of quaternary nitrogens is 1. The van der Waals surface area contributed by atoms with E-state index in [1.54, 1.807) is 0 Å². The maximum absolute atomic E-state index is 12.7. The number of aliphatic hydroxyl groups is 1. The van der Waals surface area contributed by atoms with Gasteiger partial charge in [0.1, 0.15) is 13.2 Å². The molecule has 0 saturated carbocycles. The highest BCUT2D eigenvalue weighted by Crippen LogP contribution is 2.38. The van der Waals surface area contributed by atoms with Gasteiger partial charge in [0.2, 0.25) is 5.91 Å². The minimum atomic E-state index is -4.56. The van der Waals surface area contributed by atoms with Crippen LogP contribution in [-0.4, -0.2) is 68.5 Å². The van der Waals surface area contributed by atoms with E-state index in [0.29, 0.717) is 30.3 Å². The van der Waals surface area contributed by atoms with Crippen molar-refractivity contribution in [3.05, 3.63) is 72.9 Å². The molecule has 0 aromatic rings. The van der Waals surface area contributed by atoms with Crippen LogP contribution < -0.4 is 10.2 Å². The third-order valence-corrected chi connectivity index (χ3v) is 8.67. The number of nitrogens with zero attached hydrogens (tertiary/aromatic N) is 1. The van der Waals surface area contributed by atoms with E-state index in [4.69, 9.17) is 9.05 Å². The van der Waals surface area contributed by atoms with Crippen LogP contribution in [-0.2, 0) is 18.4 Å². The van der Waals surface area contributed by atoms with Crippen LogP contribution in [0.25, 0.3) is 0 Å². The minimum absolute atomic E-state index is 0.00161. The summed E-state index contributed by atoms with van der Waals surface area (Å²) in [6.07, 6.45) is 40.8. The molecular formula is C40H71N2O6P. The quantitative estimate of drug-likeness (QED) is 0.0313. The number of aliphatic hydroxyl groups excluding tert-OH is 1. The van der Waals surface area contributed by atoms with Gasteiger partial charge in [-0.05, 0) is 64.2 Å². The van der Waals surface area contributed by atoms with Gasteiger partial charge in [0, 0.05) is 6.42 Å².